The van der Waals surface area contributed by atoms with E-state index in [2.05, 4.69) is 16.4 Å². The molecule has 0 radical (unpaired) electrons. The molecule has 0 aliphatic rings. The molecule has 0 fully saturated rings. The fourth-order valence-corrected chi connectivity index (χ4v) is 3.30. The summed E-state index contributed by atoms with van der Waals surface area (Å²) in [5.74, 6) is 0.0902. The van der Waals surface area contributed by atoms with Gasteiger partial charge in [-0.3, -0.25) is 4.79 Å². The Hall–Kier alpha value is -2.40. The molecule has 0 bridgehead atoms. The van der Waals surface area contributed by atoms with Gasteiger partial charge >= 0.3 is 0 Å². The topological polar surface area (TPSA) is 45.2 Å². The highest BCUT2D eigenvalue weighted by Gasteiger charge is 2.18. The second kappa shape index (κ2) is 6.79. The van der Waals surface area contributed by atoms with Gasteiger partial charge in [-0.15, -0.1) is 0 Å². The van der Waals surface area contributed by atoms with E-state index in [0.717, 1.165) is 20.9 Å². The largest absolute Gasteiger partial charge is 0.354 e. The van der Waals surface area contributed by atoms with Crippen molar-refractivity contribution in [3.8, 4) is 0 Å². The number of carbonyl (C=O) groups excluding carboxylic acids is 1. The highest BCUT2D eigenvalue weighted by Crippen LogP contribution is 2.30. The number of hydrogen-bond acceptors (Lipinski definition) is 4. The lowest BCUT2D eigenvalue weighted by atomic mass is 10.0. The monoisotopic (exact) mass is 325 g/mol. The maximum atomic E-state index is 12.2. The molecule has 2 aromatic carbocycles. The van der Waals surface area contributed by atoms with Crippen molar-refractivity contribution in [1.82, 2.24) is 9.88 Å². The van der Waals surface area contributed by atoms with Gasteiger partial charge in [-0.1, -0.05) is 53.8 Å². The van der Waals surface area contributed by atoms with Crippen LogP contribution in [0.2, 0.25) is 0 Å². The summed E-state index contributed by atoms with van der Waals surface area (Å²) in [5.41, 5.74) is 2.06. The van der Waals surface area contributed by atoms with Crippen molar-refractivity contribution < 1.29 is 4.79 Å². The predicted molar refractivity (Wildman–Crippen MR) is 95.7 cm³/mol. The zero-order valence-electron chi connectivity index (χ0n) is 13.2. The molecule has 0 spiro atoms. The first kappa shape index (κ1) is 15.5. The molecule has 0 saturated carbocycles. The quantitative estimate of drug-likeness (QED) is 0.773. The summed E-state index contributed by atoms with van der Waals surface area (Å²) >= 11 is 1.61. The predicted octanol–water partition coefficient (Wildman–Crippen LogP) is 3.93. The smallest absolute Gasteiger partial charge is 0.224 e. The van der Waals surface area contributed by atoms with Crippen molar-refractivity contribution in [2.24, 2.45) is 0 Å². The van der Waals surface area contributed by atoms with Gasteiger partial charge in [0.15, 0.2) is 5.13 Å². The Bertz CT molecular complexity index is 765. The van der Waals surface area contributed by atoms with Crippen molar-refractivity contribution in [1.29, 1.82) is 0 Å². The van der Waals surface area contributed by atoms with Gasteiger partial charge in [0.2, 0.25) is 5.91 Å². The molecule has 1 aromatic heterocycles. The SMILES string of the molecule is CN(C)C(=O)C[C@@H](Nc1nc2ccccc2s1)c1ccccc1. The van der Waals surface area contributed by atoms with Crippen LogP contribution in [-0.2, 0) is 4.79 Å². The Labute approximate surface area is 139 Å². The van der Waals surface area contributed by atoms with E-state index in [1.54, 1.807) is 30.3 Å². The molecular formula is C18H19N3OS. The van der Waals surface area contributed by atoms with Crippen LogP contribution in [0.1, 0.15) is 18.0 Å². The molecule has 0 unspecified atom stereocenters. The number of nitrogens with zero attached hydrogens (tertiary/aromatic N) is 2. The van der Waals surface area contributed by atoms with Gasteiger partial charge in [-0.05, 0) is 17.7 Å². The van der Waals surface area contributed by atoms with Crippen LogP contribution >= 0.6 is 11.3 Å². The minimum atomic E-state index is -0.0911. The Morgan fingerprint density at radius 2 is 1.83 bits per heavy atom. The van der Waals surface area contributed by atoms with Gasteiger partial charge in [0.25, 0.3) is 0 Å². The van der Waals surface area contributed by atoms with Crippen LogP contribution in [0.3, 0.4) is 0 Å². The highest BCUT2D eigenvalue weighted by molar-refractivity contribution is 7.22. The van der Waals surface area contributed by atoms with E-state index >= 15 is 0 Å². The minimum absolute atomic E-state index is 0.0902. The maximum absolute atomic E-state index is 12.2. The highest BCUT2D eigenvalue weighted by atomic mass is 32.1. The Kier molecular flexibility index (Phi) is 4.57. The Morgan fingerprint density at radius 1 is 1.13 bits per heavy atom. The lowest BCUT2D eigenvalue weighted by Gasteiger charge is -2.20. The summed E-state index contributed by atoms with van der Waals surface area (Å²) in [6.45, 7) is 0. The van der Waals surface area contributed by atoms with Gasteiger partial charge in [0.05, 0.1) is 22.7 Å². The first-order chi connectivity index (χ1) is 11.1. The van der Waals surface area contributed by atoms with E-state index in [1.165, 1.54) is 0 Å². The number of amides is 1. The molecule has 1 N–H and O–H groups in total. The number of fused-ring (bicyclic) bond motifs is 1. The third kappa shape index (κ3) is 3.68. The van der Waals surface area contributed by atoms with E-state index in [1.807, 2.05) is 48.5 Å². The molecular weight excluding hydrogens is 306 g/mol. The standard InChI is InChI=1S/C18H19N3OS/c1-21(2)17(22)12-15(13-8-4-3-5-9-13)20-18-19-14-10-6-7-11-16(14)23-18/h3-11,15H,12H2,1-2H3,(H,19,20)/t15-/m1/s1. The van der Waals surface area contributed by atoms with Crippen LogP contribution in [0, 0.1) is 0 Å². The van der Waals surface area contributed by atoms with Crippen LogP contribution in [0.4, 0.5) is 5.13 Å². The van der Waals surface area contributed by atoms with Gasteiger partial charge in [-0.25, -0.2) is 4.98 Å². The number of aromatic nitrogens is 1. The lowest BCUT2D eigenvalue weighted by Crippen LogP contribution is -2.26. The van der Waals surface area contributed by atoms with Crippen molar-refractivity contribution in [3.05, 3.63) is 60.2 Å². The van der Waals surface area contributed by atoms with Crippen LogP contribution in [0.5, 0.6) is 0 Å². The molecule has 1 amide bonds. The summed E-state index contributed by atoms with van der Waals surface area (Å²) in [6.07, 6.45) is 0.396. The normalized spacial score (nSPS) is 12.1. The zero-order valence-corrected chi connectivity index (χ0v) is 14.0. The molecule has 1 atom stereocenters. The molecule has 3 rings (SSSR count). The van der Waals surface area contributed by atoms with E-state index in [4.69, 9.17) is 0 Å². The van der Waals surface area contributed by atoms with E-state index in [9.17, 15) is 4.79 Å². The minimum Gasteiger partial charge on any atom is -0.354 e. The molecule has 1 heterocycles. The number of para-hydroxylation sites is 1. The van der Waals surface area contributed by atoms with Crippen molar-refractivity contribution in [2.45, 2.75) is 12.5 Å². The van der Waals surface area contributed by atoms with Crippen LogP contribution in [0.15, 0.2) is 54.6 Å². The Balaban J connectivity index is 1.87. The molecule has 3 aromatic rings. The zero-order chi connectivity index (χ0) is 16.2. The second-order valence-corrected chi connectivity index (χ2v) is 6.62. The van der Waals surface area contributed by atoms with E-state index in [-0.39, 0.29) is 11.9 Å². The summed E-state index contributed by atoms with van der Waals surface area (Å²) in [4.78, 5) is 18.4. The van der Waals surface area contributed by atoms with E-state index in [0.29, 0.717) is 6.42 Å². The summed E-state index contributed by atoms with van der Waals surface area (Å²) in [7, 11) is 3.56. The third-order valence-electron chi connectivity index (χ3n) is 3.67. The fourth-order valence-electron chi connectivity index (χ4n) is 2.38. The molecule has 0 aliphatic carbocycles. The first-order valence-corrected chi connectivity index (χ1v) is 8.32. The van der Waals surface area contributed by atoms with Gasteiger partial charge < -0.3 is 10.2 Å². The number of benzene rings is 2. The average Bonchev–Trinajstić information content (AvgIpc) is 2.97. The fraction of sp³-hybridized carbons (Fsp3) is 0.222. The number of hydrogen-bond donors (Lipinski definition) is 1. The number of anilines is 1. The Morgan fingerprint density at radius 3 is 2.52 bits per heavy atom. The summed E-state index contributed by atoms with van der Waals surface area (Å²) in [6, 6.07) is 18.0. The number of thiazole rings is 1. The third-order valence-corrected chi connectivity index (χ3v) is 4.64. The molecule has 118 valence electrons. The van der Waals surface area contributed by atoms with Crippen LogP contribution in [-0.4, -0.2) is 29.9 Å². The van der Waals surface area contributed by atoms with Crippen molar-refractivity contribution in [3.63, 3.8) is 0 Å². The average molecular weight is 325 g/mol. The molecule has 0 saturated heterocycles. The summed E-state index contributed by atoms with van der Waals surface area (Å²) in [5, 5.41) is 4.27. The number of nitrogens with one attached hydrogen (secondary N) is 1. The van der Waals surface area contributed by atoms with Crippen LogP contribution in [0.25, 0.3) is 10.2 Å². The van der Waals surface area contributed by atoms with Crippen LogP contribution < -0.4 is 5.32 Å². The molecule has 4 nitrogen and oxygen atoms in total. The van der Waals surface area contributed by atoms with E-state index < -0.39 is 0 Å². The maximum Gasteiger partial charge on any atom is 0.224 e. The molecule has 23 heavy (non-hydrogen) atoms. The lowest BCUT2D eigenvalue weighted by molar-refractivity contribution is -0.128. The summed E-state index contributed by atoms with van der Waals surface area (Å²) < 4.78 is 1.14. The second-order valence-electron chi connectivity index (χ2n) is 5.59. The van der Waals surface area contributed by atoms with Gasteiger partial charge in [0, 0.05) is 14.1 Å². The first-order valence-electron chi connectivity index (χ1n) is 7.50. The van der Waals surface area contributed by atoms with Crippen molar-refractivity contribution >= 4 is 32.6 Å². The van der Waals surface area contributed by atoms with Gasteiger partial charge in [0.1, 0.15) is 0 Å². The molecule has 0 aliphatic heterocycles. The van der Waals surface area contributed by atoms with Gasteiger partial charge in [-0.2, -0.15) is 0 Å². The number of carbonyl (C=O) groups is 1. The number of rotatable bonds is 5. The molecule has 5 heteroatoms. The van der Waals surface area contributed by atoms with Crippen molar-refractivity contribution in [2.75, 3.05) is 19.4 Å².